The zero-order valence-corrected chi connectivity index (χ0v) is 14.8. The van der Waals surface area contributed by atoms with Gasteiger partial charge in [0.25, 0.3) is 0 Å². The molecule has 0 fully saturated rings. The molecule has 20 heavy (non-hydrogen) atoms. The average molecular weight is 514 g/mol. The highest BCUT2D eigenvalue weighted by Gasteiger charge is 2.32. The van der Waals surface area contributed by atoms with E-state index >= 15 is 0 Å². The van der Waals surface area contributed by atoms with Crippen molar-refractivity contribution in [3.8, 4) is 0 Å². The van der Waals surface area contributed by atoms with E-state index in [1.54, 1.807) is 4.90 Å². The second-order valence-corrected chi connectivity index (χ2v) is 5.95. The Bertz CT molecular complexity index is 349. The first kappa shape index (κ1) is 19.8. The van der Waals surface area contributed by atoms with Crippen LogP contribution >= 0.6 is 45.2 Å². The molecular weight excluding hydrogens is 498 g/mol. The summed E-state index contributed by atoms with van der Waals surface area (Å²) < 4.78 is 5.55. The van der Waals surface area contributed by atoms with Gasteiger partial charge in [-0.25, -0.2) is 9.59 Å². The lowest BCUT2D eigenvalue weighted by Crippen LogP contribution is -2.49. The van der Waals surface area contributed by atoms with E-state index in [4.69, 9.17) is 15.9 Å². The highest BCUT2D eigenvalue weighted by Crippen LogP contribution is 2.11. The summed E-state index contributed by atoms with van der Waals surface area (Å²) in [6.07, 6.45) is -1.91. The molecule has 0 aromatic carbocycles. The van der Waals surface area contributed by atoms with Gasteiger partial charge in [-0.1, -0.05) is 45.2 Å². The quantitative estimate of drug-likeness (QED) is 0.176. The molecule has 116 valence electrons. The highest BCUT2D eigenvalue weighted by molar-refractivity contribution is 14.1. The number of aliphatic carboxylic acids is 1. The topological polar surface area (TPSA) is 130 Å². The molecule has 0 saturated heterocycles. The maximum Gasteiger partial charge on any atom is 0.513 e. The molecule has 0 aromatic rings. The Kier molecular flexibility index (Phi) is 10.4. The zero-order valence-electron chi connectivity index (χ0n) is 10.5. The molecule has 0 rings (SSSR count). The third kappa shape index (κ3) is 7.54. The van der Waals surface area contributed by atoms with Crippen molar-refractivity contribution in [2.45, 2.75) is 18.5 Å². The summed E-state index contributed by atoms with van der Waals surface area (Å²) in [7, 11) is 0. The van der Waals surface area contributed by atoms with Crippen LogP contribution in [0.4, 0.5) is 4.79 Å². The fourth-order valence-corrected chi connectivity index (χ4v) is 2.77. The molecule has 4 N–H and O–H groups in total. The Labute approximate surface area is 143 Å². The summed E-state index contributed by atoms with van der Waals surface area (Å²) in [4.78, 5) is 34.8. The molecule has 0 bridgehead atoms. The number of carbonyl (C=O) groups excluding carboxylic acids is 1. The monoisotopic (exact) mass is 514 g/mol. The molecule has 0 amide bonds. The maximum absolute atomic E-state index is 11.8. The lowest BCUT2D eigenvalue weighted by atomic mass is 10.1. The summed E-state index contributed by atoms with van der Waals surface area (Å²) in [6.45, 7) is 1.02. The van der Waals surface area contributed by atoms with Crippen molar-refractivity contribution in [1.29, 1.82) is 0 Å². The molecule has 10 heteroatoms. The first-order valence-corrected chi connectivity index (χ1v) is 8.67. The first-order chi connectivity index (χ1) is 9.33. The van der Waals surface area contributed by atoms with Gasteiger partial charge in [0.15, 0.2) is 0 Å². The minimum Gasteiger partial charge on any atom is -0.480 e. The van der Waals surface area contributed by atoms with Crippen molar-refractivity contribution in [2.24, 2.45) is 5.73 Å². The maximum atomic E-state index is 11.8. The second-order valence-electron chi connectivity index (χ2n) is 3.80. The zero-order chi connectivity index (χ0) is 15.7. The number of nitrogens with zero attached hydrogens (tertiary/aromatic N) is 1. The van der Waals surface area contributed by atoms with E-state index in [0.717, 1.165) is 0 Å². The molecule has 0 saturated carbocycles. The lowest BCUT2D eigenvalue weighted by Gasteiger charge is -2.29. The molecule has 0 spiro atoms. The number of rotatable bonds is 9. The van der Waals surface area contributed by atoms with Crippen LogP contribution in [0.25, 0.3) is 0 Å². The largest absolute Gasteiger partial charge is 0.513 e. The highest BCUT2D eigenvalue weighted by atomic mass is 127. The van der Waals surface area contributed by atoms with Gasteiger partial charge >= 0.3 is 18.1 Å². The van der Waals surface area contributed by atoms with E-state index < -0.39 is 30.2 Å². The van der Waals surface area contributed by atoms with Crippen LogP contribution in [0.15, 0.2) is 0 Å². The average Bonchev–Trinajstić information content (AvgIpc) is 2.34. The normalized spacial score (nSPS) is 13.8. The Morgan fingerprint density at radius 2 is 1.65 bits per heavy atom. The van der Waals surface area contributed by atoms with Crippen LogP contribution in [0.3, 0.4) is 0 Å². The Morgan fingerprint density at radius 1 is 1.15 bits per heavy atom. The molecule has 0 radical (unpaired) electrons. The van der Waals surface area contributed by atoms with Crippen molar-refractivity contribution >= 4 is 63.3 Å². The smallest absolute Gasteiger partial charge is 0.480 e. The van der Waals surface area contributed by atoms with Crippen molar-refractivity contribution in [3.05, 3.63) is 0 Å². The summed E-state index contributed by atoms with van der Waals surface area (Å²) >= 11 is 4.22. The molecule has 0 aliphatic carbocycles. The van der Waals surface area contributed by atoms with Gasteiger partial charge in [-0.2, -0.15) is 0 Å². The van der Waals surface area contributed by atoms with E-state index in [2.05, 4.69) is 49.9 Å². The predicted octanol–water partition coefficient (Wildman–Crippen LogP) is 0.550. The fourth-order valence-electron chi connectivity index (χ4n) is 1.53. The van der Waals surface area contributed by atoms with Gasteiger partial charge < -0.3 is 20.7 Å². The number of hydrogen-bond acceptors (Lipinski definition) is 6. The van der Waals surface area contributed by atoms with Crippen molar-refractivity contribution in [1.82, 2.24) is 4.90 Å². The lowest BCUT2D eigenvalue weighted by molar-refractivity contribution is -0.146. The van der Waals surface area contributed by atoms with Crippen LogP contribution in [-0.2, 0) is 14.3 Å². The van der Waals surface area contributed by atoms with Gasteiger partial charge in [-0.3, -0.25) is 9.69 Å². The number of ether oxygens (including phenoxy) is 1. The van der Waals surface area contributed by atoms with Gasteiger partial charge in [0.05, 0.1) is 0 Å². The molecule has 0 heterocycles. The fraction of sp³-hybridized carbons (Fsp3) is 0.700. The first-order valence-electron chi connectivity index (χ1n) is 5.62. The van der Waals surface area contributed by atoms with Crippen LogP contribution in [0.2, 0.25) is 0 Å². The Balaban J connectivity index is 5.03. The van der Waals surface area contributed by atoms with Crippen LogP contribution in [0, 0.1) is 0 Å². The Hall–Kier alpha value is -0.210. The number of carboxylic acids is 1. The Morgan fingerprint density at radius 3 is 2.00 bits per heavy atom. The van der Waals surface area contributed by atoms with Crippen LogP contribution in [-0.4, -0.2) is 67.2 Å². The summed E-state index contributed by atoms with van der Waals surface area (Å²) in [5, 5.41) is 17.3. The number of carbonyl (C=O) groups is 3. The molecular formula is C10H16I2N2O6. The number of hydrogen-bond donors (Lipinski definition) is 3. The van der Waals surface area contributed by atoms with Gasteiger partial charge in [0.1, 0.15) is 12.1 Å². The SMILES string of the molecule is N[C@@H](CC(C(=O)OC(=O)O)N(CCI)CCI)C(=O)O. The van der Waals surface area contributed by atoms with Crippen LogP contribution in [0.5, 0.6) is 0 Å². The summed E-state index contributed by atoms with van der Waals surface area (Å²) in [6, 6.07) is -2.24. The van der Waals surface area contributed by atoms with Crippen molar-refractivity contribution in [3.63, 3.8) is 0 Å². The number of halogens is 2. The van der Waals surface area contributed by atoms with Gasteiger partial charge in [-0.05, 0) is 6.42 Å². The van der Waals surface area contributed by atoms with Gasteiger partial charge in [0.2, 0.25) is 0 Å². The molecule has 0 aromatic heterocycles. The van der Waals surface area contributed by atoms with E-state index in [1.165, 1.54) is 0 Å². The van der Waals surface area contributed by atoms with Crippen LogP contribution < -0.4 is 5.73 Å². The summed E-state index contributed by atoms with van der Waals surface area (Å²) in [5.41, 5.74) is 5.43. The van der Waals surface area contributed by atoms with Gasteiger partial charge in [-0.15, -0.1) is 0 Å². The number of carboxylic acid groups (broad SMARTS) is 2. The minimum absolute atomic E-state index is 0.200. The van der Waals surface area contributed by atoms with E-state index in [-0.39, 0.29) is 6.42 Å². The predicted molar refractivity (Wildman–Crippen MR) is 87.5 cm³/mol. The number of esters is 1. The second kappa shape index (κ2) is 10.5. The van der Waals surface area contributed by atoms with E-state index in [1.807, 2.05) is 0 Å². The standard InChI is InChI=1S/C10H16I2N2O6/c11-1-3-14(4-2-12)7(5-6(13)8(15)16)9(17)20-10(18)19/h6-7H,1-5,13H2,(H,15,16)(H,18,19)/t6-,7?/m0/s1. The number of alkyl halides is 2. The van der Waals surface area contributed by atoms with Crippen molar-refractivity contribution in [2.75, 3.05) is 21.9 Å². The third-order valence-corrected chi connectivity index (χ3v) is 3.40. The molecule has 0 aliphatic heterocycles. The summed E-state index contributed by atoms with van der Waals surface area (Å²) in [5.74, 6) is -2.24. The molecule has 1 unspecified atom stereocenters. The van der Waals surface area contributed by atoms with Crippen LogP contribution in [0.1, 0.15) is 6.42 Å². The number of nitrogens with two attached hydrogens (primary N) is 1. The van der Waals surface area contributed by atoms with E-state index in [0.29, 0.717) is 21.9 Å². The van der Waals surface area contributed by atoms with Gasteiger partial charge in [0, 0.05) is 21.9 Å². The minimum atomic E-state index is -1.72. The third-order valence-electron chi connectivity index (χ3n) is 2.44. The molecule has 8 nitrogen and oxygen atoms in total. The van der Waals surface area contributed by atoms with E-state index in [9.17, 15) is 14.4 Å². The molecule has 2 atom stereocenters. The molecule has 0 aliphatic rings. The van der Waals surface area contributed by atoms with Crippen molar-refractivity contribution < 1.29 is 29.3 Å².